The monoisotopic (exact) mass is 361 g/mol. The Hall–Kier alpha value is -0.460. The zero-order valence-electron chi connectivity index (χ0n) is 11.5. The zero-order valence-corrected chi connectivity index (χ0v) is 14.0. The van der Waals surface area contributed by atoms with Gasteiger partial charge in [0.15, 0.2) is 0 Å². The van der Waals surface area contributed by atoms with Gasteiger partial charge in [-0.05, 0) is 54.5 Å². The molecule has 112 valence electrons. The smallest absolute Gasteiger partial charge is 0.308 e. The normalized spacial score (nSPS) is 24.4. The summed E-state index contributed by atoms with van der Waals surface area (Å²) in [6.45, 7) is 2.41. The maximum atomic E-state index is 11.7. The third-order valence-corrected chi connectivity index (χ3v) is 5.58. The van der Waals surface area contributed by atoms with E-state index in [9.17, 15) is 9.90 Å². The first-order chi connectivity index (χ1) is 9.65. The van der Waals surface area contributed by atoms with Crippen LogP contribution in [0.25, 0.3) is 0 Å². The van der Waals surface area contributed by atoms with Crippen LogP contribution < -0.4 is 0 Å². The molecule has 0 amide bonds. The van der Waals surface area contributed by atoms with Crippen LogP contribution >= 0.6 is 27.3 Å². The lowest BCUT2D eigenvalue weighted by molar-refractivity contribution is -0.149. The minimum Gasteiger partial charge on any atom is -0.466 e. The van der Waals surface area contributed by atoms with Crippen LogP contribution in [0.3, 0.4) is 0 Å². The molecule has 1 aromatic heterocycles. The molecule has 1 aliphatic carbocycles. The number of hydrogen-bond donors (Lipinski definition) is 1. The van der Waals surface area contributed by atoms with Crippen LogP contribution in [0.5, 0.6) is 0 Å². The van der Waals surface area contributed by atoms with Crippen LogP contribution in [0, 0.1) is 11.8 Å². The predicted octanol–water partition coefficient (Wildman–Crippen LogP) is 3.35. The molecule has 20 heavy (non-hydrogen) atoms. The van der Waals surface area contributed by atoms with Gasteiger partial charge in [0, 0.05) is 5.92 Å². The number of carbonyl (C=O) groups is 1. The quantitative estimate of drug-likeness (QED) is 0.816. The Bertz CT molecular complexity index is 443. The number of ether oxygens (including phenoxy) is 1. The number of nitrogens with zero attached hydrogens (tertiary/aromatic N) is 1. The molecule has 1 aliphatic rings. The zero-order chi connectivity index (χ0) is 14.5. The fourth-order valence-electron chi connectivity index (χ4n) is 2.88. The Morgan fingerprint density at radius 2 is 2.25 bits per heavy atom. The van der Waals surface area contributed by atoms with E-state index < -0.39 is 0 Å². The highest BCUT2D eigenvalue weighted by atomic mass is 79.9. The Kier molecular flexibility index (Phi) is 5.99. The van der Waals surface area contributed by atoms with Gasteiger partial charge >= 0.3 is 5.97 Å². The number of aliphatic hydroxyl groups is 1. The predicted molar refractivity (Wildman–Crippen MR) is 81.7 cm³/mol. The number of aliphatic hydroxyl groups excluding tert-OH is 1. The van der Waals surface area contributed by atoms with Gasteiger partial charge in [-0.15, -0.1) is 11.3 Å². The molecule has 0 saturated heterocycles. The van der Waals surface area contributed by atoms with E-state index in [2.05, 4.69) is 20.9 Å². The summed E-state index contributed by atoms with van der Waals surface area (Å²) >= 11 is 5.00. The fourth-order valence-corrected chi connectivity index (χ4v) is 4.31. The average molecular weight is 362 g/mol. The van der Waals surface area contributed by atoms with Gasteiger partial charge in [0.05, 0.1) is 34.1 Å². The summed E-state index contributed by atoms with van der Waals surface area (Å²) in [5.74, 6) is 0.468. The third-order valence-electron chi connectivity index (χ3n) is 3.97. The summed E-state index contributed by atoms with van der Waals surface area (Å²) in [7, 11) is 0. The van der Waals surface area contributed by atoms with Gasteiger partial charge in [-0.1, -0.05) is 0 Å². The second-order valence-electron chi connectivity index (χ2n) is 5.16. The average Bonchev–Trinajstić information content (AvgIpc) is 2.87. The highest BCUT2D eigenvalue weighted by Crippen LogP contribution is 2.40. The third kappa shape index (κ3) is 3.80. The molecule has 1 aromatic rings. The lowest BCUT2D eigenvalue weighted by Crippen LogP contribution is -2.27. The molecule has 1 fully saturated rings. The summed E-state index contributed by atoms with van der Waals surface area (Å²) in [5, 5.41) is 10.6. The summed E-state index contributed by atoms with van der Waals surface area (Å²) in [6, 6.07) is 0. The second-order valence-corrected chi connectivity index (χ2v) is 7.60. The van der Waals surface area contributed by atoms with Crippen molar-refractivity contribution in [2.75, 3.05) is 13.2 Å². The molecule has 0 aliphatic heterocycles. The van der Waals surface area contributed by atoms with E-state index in [0.717, 1.165) is 34.5 Å². The van der Waals surface area contributed by atoms with Crippen LogP contribution in [0.2, 0.25) is 0 Å². The Morgan fingerprint density at radius 3 is 2.75 bits per heavy atom. The lowest BCUT2D eigenvalue weighted by Gasteiger charge is -2.31. The van der Waals surface area contributed by atoms with Crippen molar-refractivity contribution in [2.45, 2.75) is 38.5 Å². The van der Waals surface area contributed by atoms with Crippen molar-refractivity contribution in [3.63, 3.8) is 0 Å². The summed E-state index contributed by atoms with van der Waals surface area (Å²) in [5.41, 5.74) is 0. The molecule has 1 atom stereocenters. The fraction of sp³-hybridized carbons (Fsp3) is 0.714. The van der Waals surface area contributed by atoms with Crippen molar-refractivity contribution in [1.82, 2.24) is 4.98 Å². The first kappa shape index (κ1) is 15.9. The highest BCUT2D eigenvalue weighted by Gasteiger charge is 2.32. The van der Waals surface area contributed by atoms with Crippen LogP contribution in [0.1, 0.15) is 43.5 Å². The van der Waals surface area contributed by atoms with Crippen LogP contribution in [-0.2, 0) is 9.53 Å². The number of rotatable bonds is 5. The maximum absolute atomic E-state index is 11.7. The van der Waals surface area contributed by atoms with E-state index >= 15 is 0 Å². The minimum absolute atomic E-state index is 0.0357. The molecule has 1 N–H and O–H groups in total. The van der Waals surface area contributed by atoms with Crippen LogP contribution in [0.4, 0.5) is 0 Å². The van der Waals surface area contributed by atoms with Gasteiger partial charge in [-0.25, -0.2) is 4.98 Å². The SMILES string of the molecule is CCOC(=O)C1CCC(C(CO)c2ncc(Br)s2)CC1. The van der Waals surface area contributed by atoms with Crippen molar-refractivity contribution in [2.24, 2.45) is 11.8 Å². The first-order valence-electron chi connectivity index (χ1n) is 7.04. The van der Waals surface area contributed by atoms with Crippen molar-refractivity contribution in [3.8, 4) is 0 Å². The van der Waals surface area contributed by atoms with Crippen LogP contribution in [0.15, 0.2) is 9.98 Å². The molecular weight excluding hydrogens is 342 g/mol. The van der Waals surface area contributed by atoms with Gasteiger partial charge in [0.2, 0.25) is 0 Å². The number of aromatic nitrogens is 1. The van der Waals surface area contributed by atoms with E-state index in [1.807, 2.05) is 6.92 Å². The van der Waals surface area contributed by atoms with E-state index in [1.165, 1.54) is 0 Å². The number of halogens is 1. The Balaban J connectivity index is 1.93. The van der Waals surface area contributed by atoms with Crippen molar-refractivity contribution in [3.05, 3.63) is 15.0 Å². The van der Waals surface area contributed by atoms with Crippen LogP contribution in [-0.4, -0.2) is 29.3 Å². The largest absolute Gasteiger partial charge is 0.466 e. The number of esters is 1. The molecule has 4 nitrogen and oxygen atoms in total. The molecule has 1 saturated carbocycles. The topological polar surface area (TPSA) is 59.4 Å². The molecule has 0 radical (unpaired) electrons. The summed E-state index contributed by atoms with van der Waals surface area (Å²) < 4.78 is 6.08. The van der Waals surface area contributed by atoms with Gasteiger partial charge in [0.25, 0.3) is 0 Å². The molecular formula is C14H20BrNO3S. The Labute approximate surface area is 131 Å². The van der Waals surface area contributed by atoms with Gasteiger partial charge < -0.3 is 9.84 Å². The van der Waals surface area contributed by atoms with Gasteiger partial charge in [-0.2, -0.15) is 0 Å². The highest BCUT2D eigenvalue weighted by molar-refractivity contribution is 9.11. The molecule has 0 bridgehead atoms. The first-order valence-corrected chi connectivity index (χ1v) is 8.65. The Morgan fingerprint density at radius 1 is 1.55 bits per heavy atom. The molecule has 6 heteroatoms. The van der Waals surface area contributed by atoms with E-state index in [4.69, 9.17) is 4.74 Å². The van der Waals surface area contributed by atoms with E-state index in [-0.39, 0.29) is 24.4 Å². The van der Waals surface area contributed by atoms with Crippen molar-refractivity contribution < 1.29 is 14.6 Å². The van der Waals surface area contributed by atoms with Gasteiger partial charge in [-0.3, -0.25) is 4.79 Å². The molecule has 2 rings (SSSR count). The standard InChI is InChI=1S/C14H20BrNO3S/c1-2-19-14(18)10-5-3-9(4-6-10)11(8-17)13-16-7-12(15)20-13/h7,9-11,17H,2-6,8H2,1H3. The summed E-state index contributed by atoms with van der Waals surface area (Å²) in [4.78, 5) is 16.1. The molecule has 0 spiro atoms. The van der Waals surface area contributed by atoms with E-state index in [0.29, 0.717) is 12.5 Å². The van der Waals surface area contributed by atoms with Gasteiger partial charge in [0.1, 0.15) is 0 Å². The van der Waals surface area contributed by atoms with Crippen molar-refractivity contribution >= 4 is 33.2 Å². The maximum Gasteiger partial charge on any atom is 0.308 e. The second kappa shape index (κ2) is 7.52. The lowest BCUT2D eigenvalue weighted by atomic mass is 9.76. The minimum atomic E-state index is -0.0662. The van der Waals surface area contributed by atoms with Crippen molar-refractivity contribution in [1.29, 1.82) is 0 Å². The number of hydrogen-bond acceptors (Lipinski definition) is 5. The van der Waals surface area contributed by atoms with E-state index in [1.54, 1.807) is 17.5 Å². The molecule has 0 aromatic carbocycles. The number of thiazole rings is 1. The number of carbonyl (C=O) groups excluding carboxylic acids is 1. The molecule has 1 heterocycles. The summed E-state index contributed by atoms with van der Waals surface area (Å²) in [6.07, 6.45) is 5.39. The molecule has 1 unspecified atom stereocenters.